The van der Waals surface area contributed by atoms with Crippen LogP contribution in [0.15, 0.2) is 168 Å². The number of nitriles is 1. The Morgan fingerprint density at radius 3 is 1.87 bits per heavy atom. The first-order valence-electron chi connectivity index (χ1n) is 17.1. The Labute approximate surface area is 298 Å². The molecule has 242 valence electrons. The van der Waals surface area contributed by atoms with E-state index in [1.165, 1.54) is 0 Å². The standard InChI is InChI=1S/C46H27N5O/c47-28-29-21-24-40-39(25-29)36-23-22-32(35-18-10-19-38-37-17-7-8-20-42(37)52-43(35)38)27-41(36)51(40)34-16-9-15-33(26-34)46-49-44(30-11-3-1-4-12-30)48-45(50-46)31-13-5-2-6-14-31/h1-27H. The molecule has 3 aromatic heterocycles. The topological polar surface area (TPSA) is 80.5 Å². The molecule has 0 bridgehead atoms. The van der Waals surface area contributed by atoms with Crippen molar-refractivity contribution < 1.29 is 4.42 Å². The Bertz CT molecular complexity index is 2970. The molecule has 0 radical (unpaired) electrons. The molecule has 0 saturated carbocycles. The van der Waals surface area contributed by atoms with Gasteiger partial charge in [-0.3, -0.25) is 0 Å². The van der Waals surface area contributed by atoms with Gasteiger partial charge in [-0.25, -0.2) is 15.0 Å². The van der Waals surface area contributed by atoms with Crippen molar-refractivity contribution in [1.82, 2.24) is 19.5 Å². The van der Waals surface area contributed by atoms with Crippen molar-refractivity contribution in [3.8, 4) is 57.0 Å². The van der Waals surface area contributed by atoms with Gasteiger partial charge in [0.05, 0.1) is 22.7 Å². The van der Waals surface area contributed by atoms with Crippen molar-refractivity contribution >= 4 is 43.7 Å². The maximum absolute atomic E-state index is 9.83. The molecule has 0 aliphatic carbocycles. The molecule has 3 heterocycles. The molecule has 6 nitrogen and oxygen atoms in total. The molecule has 10 rings (SSSR count). The minimum absolute atomic E-state index is 0.583. The van der Waals surface area contributed by atoms with Crippen LogP contribution in [0.3, 0.4) is 0 Å². The third-order valence-corrected chi connectivity index (χ3v) is 9.67. The number of hydrogen-bond donors (Lipinski definition) is 0. The predicted octanol–water partition coefficient (Wildman–Crippen LogP) is 11.4. The quantitative estimate of drug-likeness (QED) is 0.183. The summed E-state index contributed by atoms with van der Waals surface area (Å²) < 4.78 is 8.70. The molecule has 10 aromatic rings. The van der Waals surface area contributed by atoms with Gasteiger partial charge >= 0.3 is 0 Å². The zero-order valence-electron chi connectivity index (χ0n) is 27.7. The Kier molecular flexibility index (Phi) is 6.76. The molecular weight excluding hydrogens is 639 g/mol. The van der Waals surface area contributed by atoms with Gasteiger partial charge in [-0.2, -0.15) is 5.26 Å². The van der Waals surface area contributed by atoms with E-state index >= 15 is 0 Å². The fraction of sp³-hybridized carbons (Fsp3) is 0. The number of benzene rings is 7. The summed E-state index contributed by atoms with van der Waals surface area (Å²) in [5.74, 6) is 1.81. The number of aromatic nitrogens is 4. The van der Waals surface area contributed by atoms with E-state index in [4.69, 9.17) is 19.4 Å². The van der Waals surface area contributed by atoms with Crippen LogP contribution in [0.4, 0.5) is 0 Å². The van der Waals surface area contributed by atoms with Crippen molar-refractivity contribution in [2.24, 2.45) is 0 Å². The van der Waals surface area contributed by atoms with Crippen molar-refractivity contribution in [2.45, 2.75) is 0 Å². The number of para-hydroxylation sites is 2. The van der Waals surface area contributed by atoms with Gasteiger partial charge in [0.25, 0.3) is 0 Å². The Hall–Kier alpha value is -7.36. The Balaban J connectivity index is 1.19. The number of nitrogens with zero attached hydrogens (tertiary/aromatic N) is 5. The molecule has 52 heavy (non-hydrogen) atoms. The highest BCUT2D eigenvalue weighted by Gasteiger charge is 2.18. The lowest BCUT2D eigenvalue weighted by atomic mass is 10.0. The molecule has 0 N–H and O–H groups in total. The highest BCUT2D eigenvalue weighted by molar-refractivity contribution is 6.13. The zero-order valence-corrected chi connectivity index (χ0v) is 27.7. The molecule has 6 heteroatoms. The summed E-state index contributed by atoms with van der Waals surface area (Å²) >= 11 is 0. The van der Waals surface area contributed by atoms with Gasteiger partial charge in [-0.15, -0.1) is 0 Å². The lowest BCUT2D eigenvalue weighted by molar-refractivity contribution is 0.670. The summed E-state index contributed by atoms with van der Waals surface area (Å²) in [6.45, 7) is 0. The van der Waals surface area contributed by atoms with Gasteiger partial charge in [0.1, 0.15) is 11.2 Å². The molecule has 0 aliphatic rings. The number of hydrogen-bond acceptors (Lipinski definition) is 5. The molecule has 0 aliphatic heterocycles. The molecule has 0 atom stereocenters. The van der Waals surface area contributed by atoms with Crippen molar-refractivity contribution in [1.29, 1.82) is 5.26 Å². The van der Waals surface area contributed by atoms with E-state index in [9.17, 15) is 5.26 Å². The average molecular weight is 666 g/mol. The van der Waals surface area contributed by atoms with Crippen molar-refractivity contribution in [3.63, 3.8) is 0 Å². The van der Waals surface area contributed by atoms with Gasteiger partial charge in [-0.05, 0) is 48.0 Å². The zero-order chi connectivity index (χ0) is 34.6. The Morgan fingerprint density at radius 2 is 1.12 bits per heavy atom. The minimum atomic E-state index is 0.583. The number of fused-ring (bicyclic) bond motifs is 6. The van der Waals surface area contributed by atoms with E-state index in [1.807, 2.05) is 109 Å². The highest BCUT2D eigenvalue weighted by atomic mass is 16.3. The summed E-state index contributed by atoms with van der Waals surface area (Å²) in [7, 11) is 0. The molecule has 0 fully saturated rings. The van der Waals surface area contributed by atoms with Gasteiger partial charge in [0.2, 0.25) is 0 Å². The summed E-state index contributed by atoms with van der Waals surface area (Å²) in [5, 5.41) is 14.1. The predicted molar refractivity (Wildman–Crippen MR) is 208 cm³/mol. The lowest BCUT2D eigenvalue weighted by Gasteiger charge is -2.12. The largest absolute Gasteiger partial charge is 0.455 e. The van der Waals surface area contributed by atoms with E-state index in [0.29, 0.717) is 23.0 Å². The van der Waals surface area contributed by atoms with E-state index in [0.717, 1.165) is 77.2 Å². The van der Waals surface area contributed by atoms with Crippen LogP contribution in [-0.4, -0.2) is 19.5 Å². The Morgan fingerprint density at radius 1 is 0.462 bits per heavy atom. The number of rotatable bonds is 5. The summed E-state index contributed by atoms with van der Waals surface area (Å²) in [6.07, 6.45) is 0. The molecule has 7 aromatic carbocycles. The SMILES string of the molecule is N#Cc1ccc2c(c1)c1ccc(-c3cccc4c3oc3ccccc34)cc1n2-c1cccc(-c2nc(-c3ccccc3)nc(-c3ccccc3)n2)c1. The highest BCUT2D eigenvalue weighted by Crippen LogP contribution is 2.40. The minimum Gasteiger partial charge on any atom is -0.455 e. The number of furan rings is 1. The van der Waals surface area contributed by atoms with Crippen LogP contribution < -0.4 is 0 Å². The second kappa shape index (κ2) is 11.9. The molecule has 0 saturated heterocycles. The third kappa shape index (κ3) is 4.84. The van der Waals surface area contributed by atoms with Crippen molar-refractivity contribution in [2.75, 3.05) is 0 Å². The summed E-state index contributed by atoms with van der Waals surface area (Å²) in [4.78, 5) is 14.9. The van der Waals surface area contributed by atoms with Crippen molar-refractivity contribution in [3.05, 3.63) is 169 Å². The monoisotopic (exact) mass is 665 g/mol. The van der Waals surface area contributed by atoms with Crippen LogP contribution in [0.1, 0.15) is 5.56 Å². The molecule has 0 unspecified atom stereocenters. The summed E-state index contributed by atoms with van der Waals surface area (Å²) in [5.41, 5.74) is 10.1. The maximum Gasteiger partial charge on any atom is 0.164 e. The third-order valence-electron chi connectivity index (χ3n) is 9.67. The van der Waals surface area contributed by atoms with Crippen LogP contribution in [0.25, 0.3) is 94.7 Å². The fourth-order valence-electron chi connectivity index (χ4n) is 7.23. The maximum atomic E-state index is 9.83. The second-order valence-corrected chi connectivity index (χ2v) is 12.8. The van der Waals surface area contributed by atoms with Gasteiger partial charge < -0.3 is 8.98 Å². The first-order valence-corrected chi connectivity index (χ1v) is 17.1. The normalized spacial score (nSPS) is 11.4. The molecule has 0 amide bonds. The van der Waals surface area contributed by atoms with Gasteiger partial charge in [-0.1, -0.05) is 121 Å². The van der Waals surface area contributed by atoms with Crippen LogP contribution in [0.2, 0.25) is 0 Å². The van der Waals surface area contributed by atoms with Gasteiger partial charge in [0.15, 0.2) is 17.5 Å². The first-order chi connectivity index (χ1) is 25.7. The smallest absolute Gasteiger partial charge is 0.164 e. The second-order valence-electron chi connectivity index (χ2n) is 12.8. The van der Waals surface area contributed by atoms with Gasteiger partial charge in [0, 0.05) is 49.5 Å². The van der Waals surface area contributed by atoms with Crippen LogP contribution in [0, 0.1) is 11.3 Å². The van der Waals surface area contributed by atoms with E-state index in [2.05, 4.69) is 65.2 Å². The van der Waals surface area contributed by atoms with E-state index in [-0.39, 0.29) is 0 Å². The first kappa shape index (κ1) is 29.5. The van der Waals surface area contributed by atoms with Crippen LogP contribution in [0.5, 0.6) is 0 Å². The lowest BCUT2D eigenvalue weighted by Crippen LogP contribution is -2.01. The van der Waals surface area contributed by atoms with E-state index < -0.39 is 0 Å². The summed E-state index contributed by atoms with van der Waals surface area (Å²) in [6, 6.07) is 57.5. The molecule has 0 spiro atoms. The van der Waals surface area contributed by atoms with Crippen LogP contribution >= 0.6 is 0 Å². The fourth-order valence-corrected chi connectivity index (χ4v) is 7.23. The molecular formula is C46H27N5O. The van der Waals surface area contributed by atoms with E-state index in [1.54, 1.807) is 0 Å². The average Bonchev–Trinajstić information content (AvgIpc) is 3.76. The van der Waals surface area contributed by atoms with Crippen LogP contribution in [-0.2, 0) is 0 Å².